The Morgan fingerprint density at radius 3 is 2.65 bits per heavy atom. The van der Waals surface area contributed by atoms with Crippen molar-refractivity contribution in [2.45, 2.75) is 6.42 Å². The predicted molar refractivity (Wildman–Crippen MR) is 97.0 cm³/mol. The van der Waals surface area contributed by atoms with Gasteiger partial charge < -0.3 is 15.6 Å². The molecule has 1 saturated heterocycles. The van der Waals surface area contributed by atoms with Gasteiger partial charge in [-0.25, -0.2) is 13.8 Å². The van der Waals surface area contributed by atoms with E-state index in [4.69, 9.17) is 5.73 Å². The number of hydrogen-bond acceptors (Lipinski definition) is 5. The average molecular weight is 358 g/mol. The van der Waals surface area contributed by atoms with E-state index >= 15 is 0 Å². The van der Waals surface area contributed by atoms with Crippen LogP contribution in [0.3, 0.4) is 0 Å². The molecule has 26 heavy (non-hydrogen) atoms. The molecule has 136 valence electrons. The smallest absolute Gasteiger partial charge is 0.222 e. The zero-order chi connectivity index (χ0) is 18.1. The van der Waals surface area contributed by atoms with E-state index in [1.54, 1.807) is 0 Å². The third-order valence-electron chi connectivity index (χ3n) is 4.80. The number of hydrogen-bond donors (Lipinski definition) is 2. The molecule has 0 atom stereocenters. The molecule has 0 radical (unpaired) electrons. The van der Waals surface area contributed by atoms with Crippen molar-refractivity contribution in [3.8, 4) is 0 Å². The fraction of sp³-hybridized carbons (Fsp3) is 0.333. The summed E-state index contributed by atoms with van der Waals surface area (Å²) in [6, 6.07) is 5.70. The Balaban J connectivity index is 1.37. The summed E-state index contributed by atoms with van der Waals surface area (Å²) in [6.45, 7) is 3.87. The van der Waals surface area contributed by atoms with Gasteiger partial charge in [0.2, 0.25) is 5.95 Å². The van der Waals surface area contributed by atoms with Crippen LogP contribution < -0.4 is 10.6 Å². The molecule has 0 amide bonds. The number of aromatic amines is 1. The van der Waals surface area contributed by atoms with Crippen molar-refractivity contribution < 1.29 is 8.78 Å². The van der Waals surface area contributed by atoms with E-state index in [1.165, 1.54) is 12.1 Å². The largest absolute Gasteiger partial charge is 0.368 e. The van der Waals surface area contributed by atoms with Gasteiger partial charge in [-0.3, -0.25) is 4.90 Å². The van der Waals surface area contributed by atoms with Crippen LogP contribution in [0.5, 0.6) is 0 Å². The molecule has 3 N–H and O–H groups in total. The number of nitrogen functional groups attached to an aromatic ring is 1. The number of aromatic nitrogens is 3. The molecule has 0 saturated carbocycles. The lowest BCUT2D eigenvalue weighted by atomic mass is 10.2. The maximum atomic E-state index is 13.9. The zero-order valence-corrected chi connectivity index (χ0v) is 14.3. The van der Waals surface area contributed by atoms with Crippen molar-refractivity contribution in [2.24, 2.45) is 0 Å². The minimum atomic E-state index is -0.551. The molecule has 0 spiro atoms. The van der Waals surface area contributed by atoms with Gasteiger partial charge in [-0.05, 0) is 18.2 Å². The first-order chi connectivity index (χ1) is 12.6. The topological polar surface area (TPSA) is 74.1 Å². The standard InChI is InChI=1S/C18H20F2N6/c19-12-1-2-16(14(20)11-12)26-9-7-25(8-10-26)6-4-15-13-3-5-22-17(13)24-18(21)23-15/h1-3,5,11H,4,6-10H2,(H3,21,22,23,24). The minimum Gasteiger partial charge on any atom is -0.368 e. The van der Waals surface area contributed by atoms with Crippen LogP contribution in [-0.2, 0) is 6.42 Å². The number of fused-ring (bicyclic) bond motifs is 1. The Kier molecular flexibility index (Phi) is 4.42. The Labute approximate surface area is 149 Å². The molecule has 1 aliphatic rings. The van der Waals surface area contributed by atoms with E-state index in [1.807, 2.05) is 17.2 Å². The number of H-pyrrole nitrogens is 1. The third-order valence-corrected chi connectivity index (χ3v) is 4.80. The van der Waals surface area contributed by atoms with E-state index in [-0.39, 0.29) is 5.95 Å². The normalized spacial score (nSPS) is 15.7. The Hall–Kier alpha value is -2.74. The molecular weight excluding hydrogens is 338 g/mol. The van der Waals surface area contributed by atoms with Crippen molar-refractivity contribution in [1.29, 1.82) is 0 Å². The molecule has 1 aliphatic heterocycles. The summed E-state index contributed by atoms with van der Waals surface area (Å²) < 4.78 is 27.0. The van der Waals surface area contributed by atoms with Crippen LogP contribution in [-0.4, -0.2) is 52.6 Å². The van der Waals surface area contributed by atoms with Crippen LogP contribution in [0.4, 0.5) is 20.4 Å². The molecule has 1 fully saturated rings. The number of piperazine rings is 1. The fourth-order valence-corrected chi connectivity index (χ4v) is 3.43. The van der Waals surface area contributed by atoms with Gasteiger partial charge in [-0.1, -0.05) is 0 Å². The number of nitrogens with zero attached hydrogens (tertiary/aromatic N) is 4. The molecule has 3 aromatic rings. The van der Waals surface area contributed by atoms with Gasteiger partial charge >= 0.3 is 0 Å². The highest BCUT2D eigenvalue weighted by atomic mass is 19.1. The Bertz CT molecular complexity index is 917. The second-order valence-corrected chi connectivity index (χ2v) is 6.44. The monoisotopic (exact) mass is 358 g/mol. The van der Waals surface area contributed by atoms with E-state index in [9.17, 15) is 8.78 Å². The second-order valence-electron chi connectivity index (χ2n) is 6.44. The van der Waals surface area contributed by atoms with E-state index in [0.717, 1.165) is 48.8 Å². The van der Waals surface area contributed by atoms with Crippen molar-refractivity contribution >= 4 is 22.7 Å². The highest BCUT2D eigenvalue weighted by Gasteiger charge is 2.20. The first-order valence-electron chi connectivity index (χ1n) is 8.62. The molecule has 3 heterocycles. The second kappa shape index (κ2) is 6.87. The lowest BCUT2D eigenvalue weighted by Gasteiger charge is -2.36. The number of rotatable bonds is 4. The molecule has 8 heteroatoms. The lowest BCUT2D eigenvalue weighted by Crippen LogP contribution is -2.47. The summed E-state index contributed by atoms with van der Waals surface area (Å²) in [6.07, 6.45) is 2.60. The average Bonchev–Trinajstić information content (AvgIpc) is 3.09. The van der Waals surface area contributed by atoms with Crippen LogP contribution in [0, 0.1) is 11.6 Å². The SMILES string of the molecule is Nc1nc(CCN2CCN(c3ccc(F)cc3F)CC2)c2cc[nH]c2n1. The summed E-state index contributed by atoms with van der Waals surface area (Å²) in [5.74, 6) is -0.790. The van der Waals surface area contributed by atoms with E-state index in [2.05, 4.69) is 19.9 Å². The zero-order valence-electron chi connectivity index (χ0n) is 14.3. The van der Waals surface area contributed by atoms with Gasteiger partial charge in [-0.15, -0.1) is 0 Å². The highest BCUT2D eigenvalue weighted by molar-refractivity contribution is 5.78. The Morgan fingerprint density at radius 1 is 1.08 bits per heavy atom. The summed E-state index contributed by atoms with van der Waals surface area (Å²) in [5.41, 5.74) is 7.92. The van der Waals surface area contributed by atoms with Crippen molar-refractivity contribution in [2.75, 3.05) is 43.4 Å². The van der Waals surface area contributed by atoms with Gasteiger partial charge in [0.05, 0.1) is 11.4 Å². The molecule has 0 aliphatic carbocycles. The number of benzene rings is 1. The summed E-state index contributed by atoms with van der Waals surface area (Å²) in [7, 11) is 0. The molecule has 0 bridgehead atoms. The maximum absolute atomic E-state index is 13.9. The summed E-state index contributed by atoms with van der Waals surface area (Å²) >= 11 is 0. The first-order valence-corrected chi connectivity index (χ1v) is 8.62. The molecule has 2 aromatic heterocycles. The third kappa shape index (κ3) is 3.32. The highest BCUT2D eigenvalue weighted by Crippen LogP contribution is 2.22. The lowest BCUT2D eigenvalue weighted by molar-refractivity contribution is 0.260. The molecule has 6 nitrogen and oxygen atoms in total. The predicted octanol–water partition coefficient (Wildman–Crippen LogP) is 2.18. The van der Waals surface area contributed by atoms with Crippen molar-refractivity contribution in [3.63, 3.8) is 0 Å². The van der Waals surface area contributed by atoms with E-state index < -0.39 is 11.6 Å². The Morgan fingerprint density at radius 2 is 1.88 bits per heavy atom. The minimum absolute atomic E-state index is 0.270. The van der Waals surface area contributed by atoms with Gasteiger partial charge in [-0.2, -0.15) is 4.98 Å². The van der Waals surface area contributed by atoms with Gasteiger partial charge in [0.15, 0.2) is 0 Å². The van der Waals surface area contributed by atoms with Gasteiger partial charge in [0.25, 0.3) is 0 Å². The van der Waals surface area contributed by atoms with Crippen LogP contribution in [0.15, 0.2) is 30.5 Å². The van der Waals surface area contributed by atoms with Crippen LogP contribution in [0.1, 0.15) is 5.69 Å². The molecular formula is C18H20F2N6. The molecule has 1 aromatic carbocycles. The first kappa shape index (κ1) is 16.7. The molecule has 4 rings (SSSR count). The fourth-order valence-electron chi connectivity index (χ4n) is 3.43. The van der Waals surface area contributed by atoms with Crippen molar-refractivity contribution in [1.82, 2.24) is 19.9 Å². The summed E-state index contributed by atoms with van der Waals surface area (Å²) in [4.78, 5) is 15.9. The maximum Gasteiger partial charge on any atom is 0.222 e. The molecule has 0 unspecified atom stereocenters. The quantitative estimate of drug-likeness (QED) is 0.748. The van der Waals surface area contributed by atoms with Crippen molar-refractivity contribution in [3.05, 3.63) is 47.8 Å². The van der Waals surface area contributed by atoms with Gasteiger partial charge in [0, 0.05) is 56.8 Å². The van der Waals surface area contributed by atoms with E-state index in [0.29, 0.717) is 18.8 Å². The number of halogens is 2. The van der Waals surface area contributed by atoms with Gasteiger partial charge in [0.1, 0.15) is 17.3 Å². The number of nitrogens with two attached hydrogens (primary N) is 1. The van der Waals surface area contributed by atoms with Crippen LogP contribution >= 0.6 is 0 Å². The summed E-state index contributed by atoms with van der Waals surface area (Å²) in [5, 5.41) is 0.992. The van der Waals surface area contributed by atoms with Crippen LogP contribution in [0.25, 0.3) is 11.0 Å². The van der Waals surface area contributed by atoms with Crippen LogP contribution in [0.2, 0.25) is 0 Å². The number of nitrogens with one attached hydrogen (secondary N) is 1. The number of anilines is 2.